The predicted octanol–water partition coefficient (Wildman–Crippen LogP) is 6.80. The Bertz CT molecular complexity index is 1340. The molecule has 4 rings (SSSR count). The molecule has 0 amide bonds. The van der Waals surface area contributed by atoms with Gasteiger partial charge in [-0.1, -0.05) is 47.0 Å². The number of carbonyl (C=O) groups is 1. The number of aromatic nitrogens is 2. The maximum absolute atomic E-state index is 14.9. The average molecular weight is 459 g/mol. The van der Waals surface area contributed by atoms with Crippen LogP contribution >= 0.6 is 23.2 Å². The second kappa shape index (κ2) is 8.13. The molecule has 0 radical (unpaired) electrons. The number of benzene rings is 3. The predicted molar refractivity (Wildman–Crippen MR) is 116 cm³/mol. The number of aromatic carboxylic acids is 1. The first-order valence-corrected chi connectivity index (χ1v) is 9.86. The van der Waals surface area contributed by atoms with E-state index < -0.39 is 17.6 Å². The third-order valence-electron chi connectivity index (χ3n) is 4.70. The molecular formula is C23H14Cl2F2N2O2. The fourth-order valence-corrected chi connectivity index (χ4v) is 3.70. The zero-order valence-corrected chi connectivity index (χ0v) is 17.5. The number of nitrogens with zero attached hydrogens (tertiary/aromatic N) is 2. The Morgan fingerprint density at radius 1 is 0.968 bits per heavy atom. The molecule has 0 saturated heterocycles. The third kappa shape index (κ3) is 3.92. The van der Waals surface area contributed by atoms with E-state index in [0.717, 1.165) is 11.6 Å². The van der Waals surface area contributed by atoms with Crippen LogP contribution < -0.4 is 0 Å². The van der Waals surface area contributed by atoms with Gasteiger partial charge in [0, 0.05) is 16.1 Å². The Balaban J connectivity index is 2.15. The number of rotatable bonds is 4. The monoisotopic (exact) mass is 458 g/mol. The van der Waals surface area contributed by atoms with E-state index >= 15 is 0 Å². The summed E-state index contributed by atoms with van der Waals surface area (Å²) in [5, 5.41) is 9.91. The topological polar surface area (TPSA) is 55.1 Å². The van der Waals surface area contributed by atoms with Crippen molar-refractivity contribution in [2.45, 2.75) is 6.92 Å². The fourth-order valence-electron chi connectivity index (χ4n) is 3.35. The summed E-state index contributed by atoms with van der Waals surface area (Å²) in [6.45, 7) is 1.87. The van der Waals surface area contributed by atoms with E-state index in [9.17, 15) is 18.7 Å². The first-order valence-electron chi connectivity index (χ1n) is 9.10. The summed E-state index contributed by atoms with van der Waals surface area (Å²) >= 11 is 12.1. The van der Waals surface area contributed by atoms with Crippen molar-refractivity contribution in [2.24, 2.45) is 0 Å². The highest BCUT2D eigenvalue weighted by Gasteiger charge is 2.27. The second-order valence-electron chi connectivity index (χ2n) is 6.87. The lowest BCUT2D eigenvalue weighted by Crippen LogP contribution is -2.05. The molecule has 0 aliphatic heterocycles. The molecule has 31 heavy (non-hydrogen) atoms. The van der Waals surface area contributed by atoms with Crippen LogP contribution in [0, 0.1) is 18.6 Å². The molecular weight excluding hydrogens is 445 g/mol. The summed E-state index contributed by atoms with van der Waals surface area (Å²) in [5.74, 6) is -2.44. The lowest BCUT2D eigenvalue weighted by Gasteiger charge is -2.15. The Morgan fingerprint density at radius 3 is 2.39 bits per heavy atom. The standard InChI is InChI=1S/C23H14Cl2F2N2O2/c1-12-3-2-4-14(9-12)22-28-20(23(30)31)21(13-5-7-17(26)16(25)10-13)29(22)19-11-15(24)6-8-18(19)27/h2-11H,1H3,(H,30,31). The van der Waals surface area contributed by atoms with Crippen LogP contribution in [0.3, 0.4) is 0 Å². The Kier molecular flexibility index (Phi) is 5.52. The van der Waals surface area contributed by atoms with Crippen LogP contribution in [0.15, 0.2) is 60.7 Å². The fraction of sp³-hybridized carbons (Fsp3) is 0.0435. The molecule has 1 aromatic heterocycles. The number of hydrogen-bond acceptors (Lipinski definition) is 2. The zero-order chi connectivity index (χ0) is 22.3. The maximum atomic E-state index is 14.9. The van der Waals surface area contributed by atoms with Crippen LogP contribution in [0.2, 0.25) is 10.0 Å². The van der Waals surface area contributed by atoms with Gasteiger partial charge in [-0.3, -0.25) is 4.57 Å². The van der Waals surface area contributed by atoms with E-state index in [0.29, 0.717) is 5.56 Å². The van der Waals surface area contributed by atoms with E-state index in [4.69, 9.17) is 23.2 Å². The lowest BCUT2D eigenvalue weighted by atomic mass is 10.1. The first kappa shape index (κ1) is 21.0. The highest BCUT2D eigenvalue weighted by atomic mass is 35.5. The molecule has 0 fully saturated rings. The van der Waals surface area contributed by atoms with Crippen LogP contribution in [0.4, 0.5) is 8.78 Å². The van der Waals surface area contributed by atoms with E-state index in [1.54, 1.807) is 18.2 Å². The van der Waals surface area contributed by atoms with E-state index in [1.807, 2.05) is 13.0 Å². The minimum Gasteiger partial charge on any atom is -0.476 e. The summed E-state index contributed by atoms with van der Waals surface area (Å²) in [7, 11) is 0. The Labute approximate surface area is 186 Å². The summed E-state index contributed by atoms with van der Waals surface area (Å²) < 4.78 is 30.1. The molecule has 0 saturated carbocycles. The number of aryl methyl sites for hydroxylation is 1. The molecule has 0 aliphatic carbocycles. The number of halogens is 4. The van der Waals surface area contributed by atoms with E-state index in [1.165, 1.54) is 34.9 Å². The summed E-state index contributed by atoms with van der Waals surface area (Å²) in [6.07, 6.45) is 0. The largest absolute Gasteiger partial charge is 0.476 e. The SMILES string of the molecule is Cc1cccc(-c2nc(C(=O)O)c(-c3ccc(F)c(Cl)c3)n2-c2cc(Cl)ccc2F)c1. The van der Waals surface area contributed by atoms with Gasteiger partial charge in [-0.05, 0) is 49.4 Å². The van der Waals surface area contributed by atoms with E-state index in [-0.39, 0.29) is 38.5 Å². The Morgan fingerprint density at radius 2 is 1.71 bits per heavy atom. The number of hydrogen-bond donors (Lipinski definition) is 1. The van der Waals surface area contributed by atoms with Crippen LogP contribution in [0.1, 0.15) is 16.1 Å². The molecule has 3 aromatic carbocycles. The van der Waals surface area contributed by atoms with Gasteiger partial charge in [0.25, 0.3) is 0 Å². The zero-order valence-electron chi connectivity index (χ0n) is 16.0. The van der Waals surface area contributed by atoms with Crippen molar-refractivity contribution in [3.05, 3.63) is 93.6 Å². The van der Waals surface area contributed by atoms with Gasteiger partial charge in [-0.2, -0.15) is 0 Å². The normalized spacial score (nSPS) is 11.0. The van der Waals surface area contributed by atoms with Crippen molar-refractivity contribution in [1.29, 1.82) is 0 Å². The minimum absolute atomic E-state index is 0.000506. The van der Waals surface area contributed by atoms with Crippen molar-refractivity contribution in [2.75, 3.05) is 0 Å². The Hall–Kier alpha value is -3.22. The molecule has 8 heteroatoms. The van der Waals surface area contributed by atoms with Crippen LogP contribution in [-0.2, 0) is 0 Å². The molecule has 0 spiro atoms. The highest BCUT2D eigenvalue weighted by molar-refractivity contribution is 6.31. The minimum atomic E-state index is -1.33. The highest BCUT2D eigenvalue weighted by Crippen LogP contribution is 2.36. The second-order valence-corrected chi connectivity index (χ2v) is 7.71. The van der Waals surface area contributed by atoms with Crippen LogP contribution in [-0.4, -0.2) is 20.6 Å². The molecule has 4 nitrogen and oxygen atoms in total. The van der Waals surface area contributed by atoms with Gasteiger partial charge >= 0.3 is 5.97 Å². The summed E-state index contributed by atoms with van der Waals surface area (Å²) in [5.41, 5.74) is 1.45. The first-order chi connectivity index (χ1) is 14.8. The summed E-state index contributed by atoms with van der Waals surface area (Å²) in [4.78, 5) is 16.4. The van der Waals surface area contributed by atoms with Gasteiger partial charge < -0.3 is 5.11 Å². The number of carboxylic acids is 1. The van der Waals surface area contributed by atoms with Gasteiger partial charge in [0.2, 0.25) is 0 Å². The van der Waals surface area contributed by atoms with Crippen LogP contribution in [0.25, 0.3) is 28.3 Å². The maximum Gasteiger partial charge on any atom is 0.356 e. The van der Waals surface area contributed by atoms with Gasteiger partial charge in [-0.25, -0.2) is 18.6 Å². The molecule has 1 N–H and O–H groups in total. The van der Waals surface area contributed by atoms with Crippen molar-refractivity contribution >= 4 is 29.2 Å². The lowest BCUT2D eigenvalue weighted by molar-refractivity contribution is 0.0692. The van der Waals surface area contributed by atoms with Gasteiger partial charge in [0.05, 0.1) is 16.4 Å². The van der Waals surface area contributed by atoms with E-state index in [2.05, 4.69) is 4.98 Å². The summed E-state index contributed by atoms with van der Waals surface area (Å²) in [6, 6.07) is 14.9. The van der Waals surface area contributed by atoms with Gasteiger partial charge in [0.15, 0.2) is 5.69 Å². The number of carboxylic acid groups (broad SMARTS) is 1. The van der Waals surface area contributed by atoms with Crippen molar-refractivity contribution in [3.63, 3.8) is 0 Å². The third-order valence-corrected chi connectivity index (χ3v) is 5.22. The van der Waals surface area contributed by atoms with Crippen LogP contribution in [0.5, 0.6) is 0 Å². The average Bonchev–Trinajstić information content (AvgIpc) is 3.12. The van der Waals surface area contributed by atoms with Crippen molar-refractivity contribution in [1.82, 2.24) is 9.55 Å². The molecule has 0 unspecified atom stereocenters. The molecule has 0 atom stereocenters. The smallest absolute Gasteiger partial charge is 0.356 e. The molecule has 156 valence electrons. The van der Waals surface area contributed by atoms with Crippen molar-refractivity contribution < 1.29 is 18.7 Å². The molecule has 1 heterocycles. The van der Waals surface area contributed by atoms with Gasteiger partial charge in [-0.15, -0.1) is 0 Å². The number of imidazole rings is 1. The van der Waals surface area contributed by atoms with Crippen molar-refractivity contribution in [3.8, 4) is 28.3 Å². The molecule has 0 bridgehead atoms. The quantitative estimate of drug-likeness (QED) is 0.365. The molecule has 4 aromatic rings. The van der Waals surface area contributed by atoms with Gasteiger partial charge in [0.1, 0.15) is 17.5 Å². The molecule has 0 aliphatic rings.